The maximum absolute atomic E-state index is 13.1. The average molecular weight is 517 g/mol. The zero-order valence-electron chi connectivity index (χ0n) is 19.5. The predicted octanol–water partition coefficient (Wildman–Crippen LogP) is 5.21. The van der Waals surface area contributed by atoms with Crippen LogP contribution < -0.4 is 15.0 Å². The maximum Gasteiger partial charge on any atom is 0.422 e. The molecule has 4 rings (SSSR count). The molecule has 0 saturated heterocycles. The van der Waals surface area contributed by atoms with Gasteiger partial charge in [0.05, 0.1) is 31.2 Å². The van der Waals surface area contributed by atoms with Gasteiger partial charge in [0.15, 0.2) is 11.8 Å². The second-order valence-corrected chi connectivity index (χ2v) is 8.93. The van der Waals surface area contributed by atoms with Gasteiger partial charge in [-0.2, -0.15) is 18.3 Å². The van der Waals surface area contributed by atoms with Gasteiger partial charge in [-0.1, -0.05) is 30.8 Å². The van der Waals surface area contributed by atoms with Crippen LogP contribution in [0.2, 0.25) is 0 Å². The third-order valence-electron chi connectivity index (χ3n) is 5.09. The molecule has 0 fully saturated rings. The van der Waals surface area contributed by atoms with E-state index in [1.165, 1.54) is 46.7 Å². The van der Waals surface area contributed by atoms with Crippen LogP contribution in [0.4, 0.5) is 13.2 Å². The molecule has 7 nitrogen and oxygen atoms in total. The average Bonchev–Trinajstić information content (AvgIpc) is 3.32. The summed E-state index contributed by atoms with van der Waals surface area (Å²) < 4.78 is 50.3. The van der Waals surface area contributed by atoms with E-state index in [1.54, 1.807) is 18.0 Å². The minimum Gasteiger partial charge on any atom is -0.497 e. The Balaban J connectivity index is 1.58. The van der Waals surface area contributed by atoms with Crippen molar-refractivity contribution in [3.05, 3.63) is 82.9 Å². The Morgan fingerprint density at radius 3 is 2.36 bits per heavy atom. The number of hydrogen-bond donors (Lipinski definition) is 0. The zero-order chi connectivity index (χ0) is 25.7. The lowest BCUT2D eigenvalue weighted by molar-refractivity contribution is -0.153. The zero-order valence-corrected chi connectivity index (χ0v) is 20.3. The third kappa shape index (κ3) is 6.28. The molecule has 2 heterocycles. The van der Waals surface area contributed by atoms with Crippen molar-refractivity contribution in [2.75, 3.05) is 19.5 Å². The van der Waals surface area contributed by atoms with Crippen molar-refractivity contribution in [2.24, 2.45) is 0 Å². The molecule has 0 amide bonds. The van der Waals surface area contributed by atoms with Crippen molar-refractivity contribution in [1.29, 1.82) is 0 Å². The highest BCUT2D eigenvalue weighted by Crippen LogP contribution is 2.25. The van der Waals surface area contributed by atoms with Gasteiger partial charge in [0.2, 0.25) is 0 Å². The Hall–Kier alpha value is -3.73. The van der Waals surface area contributed by atoms with Gasteiger partial charge in [-0.05, 0) is 47.7 Å². The first-order chi connectivity index (χ1) is 17.3. The van der Waals surface area contributed by atoms with E-state index in [0.29, 0.717) is 34.4 Å². The van der Waals surface area contributed by atoms with Crippen LogP contribution in [0.25, 0.3) is 16.9 Å². The molecule has 36 heavy (non-hydrogen) atoms. The van der Waals surface area contributed by atoms with Crippen LogP contribution in [0.5, 0.6) is 11.5 Å². The Labute approximate surface area is 209 Å². The summed E-state index contributed by atoms with van der Waals surface area (Å²) in [6.07, 6.45) is -0.949. The number of nitrogens with zero attached hydrogens (tertiary/aromatic N) is 4. The molecule has 0 saturated carbocycles. The van der Waals surface area contributed by atoms with Gasteiger partial charge in [-0.25, -0.2) is 4.98 Å². The molecule has 0 aliphatic heterocycles. The molecule has 4 aromatic rings. The van der Waals surface area contributed by atoms with Gasteiger partial charge in [0.25, 0.3) is 5.56 Å². The fraction of sp³-hybridized carbons (Fsp3) is 0.240. The summed E-state index contributed by atoms with van der Waals surface area (Å²) in [5.74, 6) is 1.50. The van der Waals surface area contributed by atoms with Crippen molar-refractivity contribution >= 4 is 11.8 Å². The number of hydrogen-bond acceptors (Lipinski definition) is 6. The second-order valence-electron chi connectivity index (χ2n) is 7.70. The second kappa shape index (κ2) is 10.9. The van der Waals surface area contributed by atoms with E-state index in [2.05, 4.69) is 10.1 Å². The summed E-state index contributed by atoms with van der Waals surface area (Å²) in [5.41, 5.74) is 2.38. The highest BCUT2D eigenvalue weighted by Gasteiger charge is 2.28. The Morgan fingerprint density at radius 2 is 1.72 bits per heavy atom. The van der Waals surface area contributed by atoms with E-state index in [9.17, 15) is 18.0 Å². The van der Waals surface area contributed by atoms with Gasteiger partial charge in [0.1, 0.15) is 11.5 Å². The highest BCUT2D eigenvalue weighted by molar-refractivity contribution is 7.99. The van der Waals surface area contributed by atoms with Crippen molar-refractivity contribution in [3.63, 3.8) is 0 Å². The highest BCUT2D eigenvalue weighted by atomic mass is 32.2. The molecule has 0 aliphatic rings. The summed E-state index contributed by atoms with van der Waals surface area (Å²) in [6, 6.07) is 14.9. The molecular weight excluding hydrogens is 493 g/mol. The number of thioether (sulfide) groups is 1. The molecule has 0 aliphatic carbocycles. The van der Waals surface area contributed by atoms with Crippen LogP contribution in [0, 0.1) is 0 Å². The number of rotatable bonds is 9. The number of ether oxygens (including phenoxy) is 2. The van der Waals surface area contributed by atoms with Crippen LogP contribution in [0.1, 0.15) is 12.5 Å². The van der Waals surface area contributed by atoms with Crippen LogP contribution in [0.15, 0.2) is 76.9 Å². The summed E-state index contributed by atoms with van der Waals surface area (Å²) in [6.45, 7) is 1.10. The topological polar surface area (TPSA) is 71.2 Å². The lowest BCUT2D eigenvalue weighted by Crippen LogP contribution is -2.21. The molecule has 0 radical (unpaired) electrons. The van der Waals surface area contributed by atoms with Crippen molar-refractivity contribution in [2.45, 2.75) is 24.8 Å². The number of aromatic nitrogens is 4. The SMILES string of the molecule is CCSc1nc(-c2cnn(Cc3ccc(OC)cc3)c2)cc(=O)n1-c1ccc(OCC(F)(F)F)cc1. The third-order valence-corrected chi connectivity index (χ3v) is 5.91. The summed E-state index contributed by atoms with van der Waals surface area (Å²) in [5, 5.41) is 4.86. The van der Waals surface area contributed by atoms with E-state index >= 15 is 0 Å². The van der Waals surface area contributed by atoms with Crippen LogP contribution in [-0.2, 0) is 6.54 Å². The van der Waals surface area contributed by atoms with Crippen LogP contribution >= 0.6 is 11.8 Å². The number of halogens is 3. The monoisotopic (exact) mass is 516 g/mol. The fourth-order valence-corrected chi connectivity index (χ4v) is 4.18. The van der Waals surface area contributed by atoms with E-state index in [1.807, 2.05) is 37.4 Å². The smallest absolute Gasteiger partial charge is 0.422 e. The Morgan fingerprint density at radius 1 is 1.03 bits per heavy atom. The van der Waals surface area contributed by atoms with Gasteiger partial charge in [-0.15, -0.1) is 0 Å². The number of methoxy groups -OCH3 is 1. The minimum absolute atomic E-state index is 0.0580. The van der Waals surface area contributed by atoms with Gasteiger partial charge in [-0.3, -0.25) is 14.0 Å². The van der Waals surface area contributed by atoms with Crippen LogP contribution in [0.3, 0.4) is 0 Å². The summed E-state index contributed by atoms with van der Waals surface area (Å²) in [7, 11) is 1.61. The standard InChI is InChI=1S/C25H23F3N4O3S/c1-3-36-24-30-22(18-13-29-31(15-18)14-17-4-8-20(34-2)9-5-17)12-23(33)32(24)19-6-10-21(11-7-19)35-16-25(26,27)28/h4-13,15H,3,14,16H2,1-2H3. The van der Waals surface area contributed by atoms with E-state index < -0.39 is 12.8 Å². The fourth-order valence-electron chi connectivity index (χ4n) is 3.43. The van der Waals surface area contributed by atoms with Gasteiger partial charge < -0.3 is 9.47 Å². The van der Waals surface area contributed by atoms with Crippen LogP contribution in [-0.4, -0.2) is 45.0 Å². The van der Waals surface area contributed by atoms with E-state index in [4.69, 9.17) is 9.47 Å². The molecule has 0 atom stereocenters. The quantitative estimate of drug-likeness (QED) is 0.225. The maximum atomic E-state index is 13.1. The first kappa shape index (κ1) is 25.4. The normalized spacial score (nSPS) is 11.5. The predicted molar refractivity (Wildman–Crippen MR) is 131 cm³/mol. The first-order valence-electron chi connectivity index (χ1n) is 11.0. The van der Waals surface area contributed by atoms with E-state index in [-0.39, 0.29) is 11.3 Å². The van der Waals surface area contributed by atoms with Crippen molar-refractivity contribution in [3.8, 4) is 28.4 Å². The minimum atomic E-state index is -4.43. The lowest BCUT2D eigenvalue weighted by atomic mass is 10.2. The molecule has 11 heteroatoms. The molecule has 188 valence electrons. The lowest BCUT2D eigenvalue weighted by Gasteiger charge is -2.13. The molecule has 0 unspecified atom stereocenters. The first-order valence-corrected chi connectivity index (χ1v) is 12.0. The van der Waals surface area contributed by atoms with Crippen molar-refractivity contribution < 1.29 is 22.6 Å². The molecule has 0 N–H and O–H groups in total. The van der Waals surface area contributed by atoms with E-state index in [0.717, 1.165) is 11.3 Å². The molecule has 0 bridgehead atoms. The largest absolute Gasteiger partial charge is 0.497 e. The summed E-state index contributed by atoms with van der Waals surface area (Å²) in [4.78, 5) is 17.8. The Bertz CT molecular complexity index is 1370. The number of alkyl halides is 3. The molecule has 0 spiro atoms. The van der Waals surface area contributed by atoms with Gasteiger partial charge >= 0.3 is 6.18 Å². The Kier molecular flexibility index (Phi) is 7.68. The molecule has 2 aromatic heterocycles. The summed E-state index contributed by atoms with van der Waals surface area (Å²) >= 11 is 1.38. The van der Waals surface area contributed by atoms with Crippen molar-refractivity contribution in [1.82, 2.24) is 19.3 Å². The molecule has 2 aromatic carbocycles. The van der Waals surface area contributed by atoms with Gasteiger partial charge in [0, 0.05) is 17.8 Å². The number of benzene rings is 2. The molecular formula is C25H23F3N4O3S.